The first-order valence-corrected chi connectivity index (χ1v) is 6.60. The molecule has 0 aliphatic heterocycles. The molecule has 2 N–H and O–H groups in total. The van der Waals surface area contributed by atoms with Crippen molar-refractivity contribution in [3.8, 4) is 0 Å². The molecular weight excluding hydrogens is 278 g/mol. The van der Waals surface area contributed by atoms with Crippen molar-refractivity contribution in [3.05, 3.63) is 28.2 Å². The van der Waals surface area contributed by atoms with Gasteiger partial charge in [-0.2, -0.15) is 5.10 Å². The third-order valence-electron chi connectivity index (χ3n) is 2.79. The largest absolute Gasteiger partial charge is 0.480 e. The van der Waals surface area contributed by atoms with E-state index in [-0.39, 0.29) is 24.4 Å². The standard InChI is InChI=1S/C13H19N3O5/c1-3-4-10(13(19)20)14-12(18)9-5-6-11(17)16(15-9)7-8-21-2/h5-6,10H,3-4,7-8H2,1-2H3,(H,14,18)(H,19,20). The number of methoxy groups -OCH3 is 1. The number of carbonyl (C=O) groups is 2. The molecule has 0 aromatic carbocycles. The maximum Gasteiger partial charge on any atom is 0.326 e. The Hall–Kier alpha value is -2.22. The minimum atomic E-state index is -1.10. The molecule has 1 heterocycles. The van der Waals surface area contributed by atoms with Crippen LogP contribution >= 0.6 is 0 Å². The third-order valence-corrected chi connectivity index (χ3v) is 2.79. The van der Waals surface area contributed by atoms with Gasteiger partial charge in [-0.3, -0.25) is 9.59 Å². The minimum Gasteiger partial charge on any atom is -0.480 e. The van der Waals surface area contributed by atoms with Gasteiger partial charge in [0.15, 0.2) is 0 Å². The molecule has 1 rings (SSSR count). The van der Waals surface area contributed by atoms with Crippen molar-refractivity contribution < 1.29 is 19.4 Å². The Morgan fingerprint density at radius 3 is 2.76 bits per heavy atom. The lowest BCUT2D eigenvalue weighted by atomic mass is 10.1. The van der Waals surface area contributed by atoms with E-state index in [2.05, 4.69) is 10.4 Å². The molecule has 0 fully saturated rings. The van der Waals surface area contributed by atoms with E-state index in [0.29, 0.717) is 12.8 Å². The molecule has 1 aromatic heterocycles. The van der Waals surface area contributed by atoms with E-state index in [1.807, 2.05) is 6.92 Å². The highest BCUT2D eigenvalue weighted by Crippen LogP contribution is 1.99. The van der Waals surface area contributed by atoms with Gasteiger partial charge in [-0.1, -0.05) is 13.3 Å². The first kappa shape index (κ1) is 16.8. The fourth-order valence-electron chi connectivity index (χ4n) is 1.69. The quantitative estimate of drug-likeness (QED) is 0.691. The Morgan fingerprint density at radius 2 is 2.19 bits per heavy atom. The molecule has 1 atom stereocenters. The molecule has 0 aliphatic carbocycles. The molecule has 8 nitrogen and oxygen atoms in total. The summed E-state index contributed by atoms with van der Waals surface area (Å²) < 4.78 is 5.96. The number of amides is 1. The van der Waals surface area contributed by atoms with Crippen molar-refractivity contribution in [3.63, 3.8) is 0 Å². The molecule has 1 amide bonds. The van der Waals surface area contributed by atoms with Gasteiger partial charge >= 0.3 is 5.97 Å². The molecule has 0 saturated carbocycles. The normalized spacial score (nSPS) is 11.9. The Balaban J connectivity index is 2.86. The van der Waals surface area contributed by atoms with E-state index in [0.717, 1.165) is 4.68 Å². The van der Waals surface area contributed by atoms with Crippen molar-refractivity contribution >= 4 is 11.9 Å². The molecule has 8 heteroatoms. The summed E-state index contributed by atoms with van der Waals surface area (Å²) in [5.41, 5.74) is -0.361. The van der Waals surface area contributed by atoms with Crippen LogP contribution in [-0.4, -0.2) is 46.5 Å². The summed E-state index contributed by atoms with van der Waals surface area (Å²) in [5, 5.41) is 15.3. The van der Waals surface area contributed by atoms with Crippen LogP contribution in [0.5, 0.6) is 0 Å². The van der Waals surface area contributed by atoms with E-state index in [9.17, 15) is 14.4 Å². The van der Waals surface area contributed by atoms with Crippen molar-refractivity contribution in [2.24, 2.45) is 0 Å². The Morgan fingerprint density at radius 1 is 1.48 bits per heavy atom. The minimum absolute atomic E-state index is 0.00643. The molecule has 0 saturated heterocycles. The molecule has 21 heavy (non-hydrogen) atoms. The smallest absolute Gasteiger partial charge is 0.326 e. The Labute approximate surface area is 121 Å². The van der Waals surface area contributed by atoms with Crippen LogP contribution in [0.1, 0.15) is 30.3 Å². The highest BCUT2D eigenvalue weighted by atomic mass is 16.5. The van der Waals surface area contributed by atoms with Crippen molar-refractivity contribution in [2.45, 2.75) is 32.4 Å². The van der Waals surface area contributed by atoms with Crippen LogP contribution < -0.4 is 10.9 Å². The zero-order valence-electron chi connectivity index (χ0n) is 12.0. The molecular formula is C13H19N3O5. The van der Waals surface area contributed by atoms with Gasteiger partial charge in [0.1, 0.15) is 11.7 Å². The SMILES string of the molecule is CCCC(NC(=O)c1ccc(=O)n(CCOC)n1)C(=O)O. The zero-order chi connectivity index (χ0) is 15.8. The van der Waals surface area contributed by atoms with Crippen molar-refractivity contribution in [2.75, 3.05) is 13.7 Å². The maximum absolute atomic E-state index is 12.0. The van der Waals surface area contributed by atoms with E-state index < -0.39 is 17.9 Å². The summed E-state index contributed by atoms with van der Waals surface area (Å²) >= 11 is 0. The predicted molar refractivity (Wildman–Crippen MR) is 74.2 cm³/mol. The highest BCUT2D eigenvalue weighted by molar-refractivity contribution is 5.94. The van der Waals surface area contributed by atoms with Gasteiger partial charge in [0.05, 0.1) is 13.2 Å². The van der Waals surface area contributed by atoms with Crippen LogP contribution in [-0.2, 0) is 16.1 Å². The number of carboxylic acids is 1. The second kappa shape index (κ2) is 8.15. The van der Waals surface area contributed by atoms with Gasteiger partial charge in [0, 0.05) is 13.2 Å². The number of nitrogens with zero attached hydrogens (tertiary/aromatic N) is 2. The zero-order valence-corrected chi connectivity index (χ0v) is 12.0. The summed E-state index contributed by atoms with van der Waals surface area (Å²) in [6.45, 7) is 2.32. The van der Waals surface area contributed by atoms with E-state index in [4.69, 9.17) is 9.84 Å². The van der Waals surface area contributed by atoms with Gasteiger partial charge in [-0.05, 0) is 12.5 Å². The van der Waals surface area contributed by atoms with E-state index >= 15 is 0 Å². The molecule has 116 valence electrons. The average molecular weight is 297 g/mol. The van der Waals surface area contributed by atoms with Gasteiger partial charge in [0.2, 0.25) is 0 Å². The molecule has 0 aliphatic rings. The monoisotopic (exact) mass is 297 g/mol. The summed E-state index contributed by atoms with van der Waals surface area (Å²) in [7, 11) is 1.49. The van der Waals surface area contributed by atoms with Crippen LogP contribution in [0, 0.1) is 0 Å². The van der Waals surface area contributed by atoms with E-state index in [1.165, 1.54) is 19.2 Å². The van der Waals surface area contributed by atoms with Crippen LogP contribution in [0.4, 0.5) is 0 Å². The summed E-state index contributed by atoms with van der Waals surface area (Å²) in [4.78, 5) is 34.6. The predicted octanol–water partition coefficient (Wildman–Crippen LogP) is -0.127. The molecule has 0 spiro atoms. The average Bonchev–Trinajstić information content (AvgIpc) is 2.45. The Kier molecular flexibility index (Phi) is 6.54. The lowest BCUT2D eigenvalue weighted by molar-refractivity contribution is -0.139. The molecule has 1 aromatic rings. The van der Waals surface area contributed by atoms with Gasteiger partial charge in [-0.15, -0.1) is 0 Å². The van der Waals surface area contributed by atoms with Crippen LogP contribution in [0.15, 0.2) is 16.9 Å². The fourth-order valence-corrected chi connectivity index (χ4v) is 1.69. The van der Waals surface area contributed by atoms with Crippen LogP contribution in [0.2, 0.25) is 0 Å². The van der Waals surface area contributed by atoms with Crippen LogP contribution in [0.3, 0.4) is 0 Å². The summed E-state index contributed by atoms with van der Waals surface area (Å²) in [5.74, 6) is -1.72. The van der Waals surface area contributed by atoms with Crippen molar-refractivity contribution in [1.82, 2.24) is 15.1 Å². The number of hydrogen-bond acceptors (Lipinski definition) is 5. The molecule has 0 radical (unpaired) electrons. The second-order valence-corrected chi connectivity index (χ2v) is 4.43. The topological polar surface area (TPSA) is 111 Å². The summed E-state index contributed by atoms with van der Waals surface area (Å²) in [6.07, 6.45) is 0.947. The van der Waals surface area contributed by atoms with Crippen LogP contribution in [0.25, 0.3) is 0 Å². The molecule has 0 bridgehead atoms. The highest BCUT2D eigenvalue weighted by Gasteiger charge is 2.20. The van der Waals surface area contributed by atoms with Crippen molar-refractivity contribution in [1.29, 1.82) is 0 Å². The maximum atomic E-state index is 12.0. The van der Waals surface area contributed by atoms with E-state index in [1.54, 1.807) is 0 Å². The number of ether oxygens (including phenoxy) is 1. The van der Waals surface area contributed by atoms with Gasteiger partial charge in [0.25, 0.3) is 11.5 Å². The number of aromatic nitrogens is 2. The number of hydrogen-bond donors (Lipinski definition) is 2. The number of carbonyl (C=O) groups excluding carboxylic acids is 1. The number of rotatable bonds is 8. The lowest BCUT2D eigenvalue weighted by Crippen LogP contribution is -2.41. The number of carboxylic acid groups (broad SMARTS) is 1. The number of aliphatic carboxylic acids is 1. The fraction of sp³-hybridized carbons (Fsp3) is 0.538. The van der Waals surface area contributed by atoms with Gasteiger partial charge in [-0.25, -0.2) is 9.48 Å². The summed E-state index contributed by atoms with van der Waals surface area (Å²) in [6, 6.07) is 1.52. The number of nitrogens with one attached hydrogen (secondary N) is 1. The Bertz CT molecular complexity index is 555. The first-order chi connectivity index (χ1) is 9.99. The first-order valence-electron chi connectivity index (χ1n) is 6.60. The molecule has 1 unspecified atom stereocenters. The van der Waals surface area contributed by atoms with Gasteiger partial charge < -0.3 is 15.2 Å². The third kappa shape index (κ3) is 4.99. The second-order valence-electron chi connectivity index (χ2n) is 4.43. The lowest BCUT2D eigenvalue weighted by Gasteiger charge is -2.13.